The maximum Gasteiger partial charge on any atom is 0.175 e. The van der Waals surface area contributed by atoms with E-state index < -0.39 is 0 Å². The first-order valence-corrected chi connectivity index (χ1v) is 11.1. The van der Waals surface area contributed by atoms with E-state index in [1.54, 1.807) is 19.2 Å². The number of methoxy groups -OCH3 is 1. The molecule has 1 unspecified atom stereocenters. The Labute approximate surface area is 185 Å². The molecule has 1 saturated heterocycles. The van der Waals surface area contributed by atoms with Crippen LogP contribution in [0.2, 0.25) is 5.02 Å². The highest BCUT2D eigenvalue weighted by molar-refractivity contribution is 9.10. The monoisotopic (exact) mass is 484 g/mol. The molecule has 0 spiro atoms. The van der Waals surface area contributed by atoms with Crippen LogP contribution in [0, 0.1) is 5.82 Å². The molecule has 1 fully saturated rings. The largest absolute Gasteiger partial charge is 0.493 e. The second-order valence-corrected chi connectivity index (χ2v) is 8.41. The Morgan fingerprint density at radius 3 is 2.90 bits per heavy atom. The highest BCUT2D eigenvalue weighted by Gasteiger charge is 2.22. The van der Waals surface area contributed by atoms with Gasteiger partial charge in [0.2, 0.25) is 0 Å². The number of rotatable bonds is 9. The van der Waals surface area contributed by atoms with Gasteiger partial charge in [-0.1, -0.05) is 24.6 Å². The predicted octanol–water partition coefficient (Wildman–Crippen LogP) is 5.40. The van der Waals surface area contributed by atoms with Gasteiger partial charge in [0, 0.05) is 24.7 Å². The average molecular weight is 486 g/mol. The number of ether oxygens (including phenoxy) is 2. The highest BCUT2D eigenvalue weighted by Crippen LogP contribution is 2.37. The van der Waals surface area contributed by atoms with E-state index in [-0.39, 0.29) is 12.4 Å². The molecular formula is C22H27BrClFN2O2. The Bertz CT molecular complexity index is 816. The van der Waals surface area contributed by atoms with Gasteiger partial charge in [-0.15, -0.1) is 0 Å². The summed E-state index contributed by atoms with van der Waals surface area (Å²) in [5.41, 5.74) is 1.41. The number of nitrogens with one attached hydrogen (secondary N) is 1. The van der Waals surface area contributed by atoms with Crippen LogP contribution in [-0.4, -0.2) is 37.7 Å². The molecule has 0 bridgehead atoms. The van der Waals surface area contributed by atoms with Gasteiger partial charge < -0.3 is 14.8 Å². The van der Waals surface area contributed by atoms with Crippen LogP contribution in [0.3, 0.4) is 0 Å². The molecule has 2 aromatic rings. The van der Waals surface area contributed by atoms with E-state index >= 15 is 0 Å². The van der Waals surface area contributed by atoms with Crippen LogP contribution in [-0.2, 0) is 13.2 Å². The zero-order valence-electron chi connectivity index (χ0n) is 16.8. The van der Waals surface area contributed by atoms with Gasteiger partial charge in [0.1, 0.15) is 12.4 Å². The quantitative estimate of drug-likeness (QED) is 0.515. The summed E-state index contributed by atoms with van der Waals surface area (Å²) in [5.74, 6) is 0.740. The second kappa shape index (κ2) is 10.6. The van der Waals surface area contributed by atoms with E-state index in [2.05, 4.69) is 33.1 Å². The minimum Gasteiger partial charge on any atom is -0.493 e. The van der Waals surface area contributed by atoms with Gasteiger partial charge >= 0.3 is 0 Å². The molecule has 0 aromatic heterocycles. The summed E-state index contributed by atoms with van der Waals surface area (Å²) in [6, 6.07) is 9.15. The molecule has 3 rings (SSSR count). The van der Waals surface area contributed by atoms with Crippen molar-refractivity contribution in [3.8, 4) is 11.5 Å². The average Bonchev–Trinajstić information content (AvgIpc) is 3.16. The number of likely N-dealkylation sites (tertiary alicyclic amines) is 1. The first kappa shape index (κ1) is 22.3. The maximum atomic E-state index is 14.0. The molecular weight excluding hydrogens is 459 g/mol. The first-order valence-electron chi connectivity index (χ1n) is 9.90. The number of benzene rings is 2. The molecule has 0 aliphatic carbocycles. The summed E-state index contributed by atoms with van der Waals surface area (Å²) in [6.07, 6.45) is 2.52. The fourth-order valence-electron chi connectivity index (χ4n) is 3.76. The maximum absolute atomic E-state index is 14.0. The molecule has 29 heavy (non-hydrogen) atoms. The number of likely N-dealkylation sites (N-methyl/N-ethyl adjacent to an activating group) is 1. The van der Waals surface area contributed by atoms with Gasteiger partial charge in [-0.05, 0) is 71.7 Å². The van der Waals surface area contributed by atoms with E-state index in [0.717, 1.165) is 29.7 Å². The Morgan fingerprint density at radius 1 is 1.34 bits per heavy atom. The topological polar surface area (TPSA) is 33.7 Å². The second-order valence-electron chi connectivity index (χ2n) is 7.15. The van der Waals surface area contributed by atoms with Crippen molar-refractivity contribution >= 4 is 27.5 Å². The van der Waals surface area contributed by atoms with Crippen LogP contribution in [0.1, 0.15) is 30.9 Å². The molecule has 1 N–H and O–H groups in total. The standard InChI is InChI=1S/C22H27BrClFN2O2/c1-3-27-9-5-6-16(27)13-26-12-15-10-18(23)22(21(11-15)28-2)29-14-17-19(24)7-4-8-20(17)25/h4,7-8,10-11,16,26H,3,5-6,9,12-14H2,1-2H3. The lowest BCUT2D eigenvalue weighted by atomic mass is 10.1. The van der Waals surface area contributed by atoms with Crippen LogP contribution in [0.5, 0.6) is 11.5 Å². The zero-order chi connectivity index (χ0) is 20.8. The lowest BCUT2D eigenvalue weighted by Crippen LogP contribution is -2.37. The zero-order valence-corrected chi connectivity index (χ0v) is 19.2. The van der Waals surface area contributed by atoms with Gasteiger partial charge in [0.05, 0.1) is 16.6 Å². The van der Waals surface area contributed by atoms with Crippen molar-refractivity contribution < 1.29 is 13.9 Å². The fraction of sp³-hybridized carbons (Fsp3) is 0.455. The van der Waals surface area contributed by atoms with Crippen molar-refractivity contribution in [3.63, 3.8) is 0 Å². The molecule has 0 saturated carbocycles. The summed E-state index contributed by atoms with van der Waals surface area (Å²) in [6.45, 7) is 6.24. The minimum absolute atomic E-state index is 0.0204. The lowest BCUT2D eigenvalue weighted by molar-refractivity contribution is 0.259. The van der Waals surface area contributed by atoms with Crippen molar-refractivity contribution in [1.82, 2.24) is 10.2 Å². The fourth-order valence-corrected chi connectivity index (χ4v) is 4.58. The van der Waals surface area contributed by atoms with Gasteiger partial charge in [-0.2, -0.15) is 0 Å². The minimum atomic E-state index is -0.388. The normalized spacial score (nSPS) is 16.9. The van der Waals surface area contributed by atoms with Crippen molar-refractivity contribution in [2.75, 3.05) is 26.7 Å². The Balaban J connectivity index is 1.64. The van der Waals surface area contributed by atoms with Gasteiger partial charge in [0.25, 0.3) is 0 Å². The van der Waals surface area contributed by atoms with E-state index in [0.29, 0.717) is 28.1 Å². The Morgan fingerprint density at radius 2 is 2.17 bits per heavy atom. The Kier molecular flexibility index (Phi) is 8.18. The summed E-state index contributed by atoms with van der Waals surface area (Å²) in [7, 11) is 1.60. The molecule has 1 atom stereocenters. The molecule has 0 radical (unpaired) electrons. The molecule has 1 aliphatic heterocycles. The van der Waals surface area contributed by atoms with E-state index in [4.69, 9.17) is 21.1 Å². The summed E-state index contributed by atoms with van der Waals surface area (Å²) in [4.78, 5) is 2.52. The Hall–Kier alpha value is -1.34. The first-order chi connectivity index (χ1) is 14.0. The molecule has 7 heteroatoms. The van der Waals surface area contributed by atoms with Crippen LogP contribution < -0.4 is 14.8 Å². The van der Waals surface area contributed by atoms with E-state index in [9.17, 15) is 4.39 Å². The molecule has 1 heterocycles. The van der Waals surface area contributed by atoms with Crippen molar-refractivity contribution in [3.05, 3.63) is 56.8 Å². The van der Waals surface area contributed by atoms with Crippen LogP contribution in [0.15, 0.2) is 34.8 Å². The number of nitrogens with zero attached hydrogens (tertiary/aromatic N) is 1. The van der Waals surface area contributed by atoms with Crippen LogP contribution in [0.25, 0.3) is 0 Å². The molecule has 4 nitrogen and oxygen atoms in total. The highest BCUT2D eigenvalue weighted by atomic mass is 79.9. The third-order valence-electron chi connectivity index (χ3n) is 5.33. The van der Waals surface area contributed by atoms with Crippen molar-refractivity contribution in [2.45, 2.75) is 39.0 Å². The van der Waals surface area contributed by atoms with Gasteiger partial charge in [-0.3, -0.25) is 4.90 Å². The van der Waals surface area contributed by atoms with E-state index in [1.807, 2.05) is 12.1 Å². The molecule has 1 aliphatic rings. The predicted molar refractivity (Wildman–Crippen MR) is 118 cm³/mol. The molecule has 2 aromatic carbocycles. The van der Waals surface area contributed by atoms with Crippen molar-refractivity contribution in [2.24, 2.45) is 0 Å². The van der Waals surface area contributed by atoms with Crippen LogP contribution >= 0.6 is 27.5 Å². The van der Waals surface area contributed by atoms with Gasteiger partial charge in [-0.25, -0.2) is 4.39 Å². The smallest absolute Gasteiger partial charge is 0.175 e. The number of halogens is 3. The van der Waals surface area contributed by atoms with Crippen molar-refractivity contribution in [1.29, 1.82) is 0 Å². The summed E-state index contributed by atoms with van der Waals surface area (Å²) >= 11 is 9.65. The molecule has 0 amide bonds. The SMILES string of the molecule is CCN1CCCC1CNCc1cc(Br)c(OCc2c(F)cccc2Cl)c(OC)c1. The lowest BCUT2D eigenvalue weighted by Gasteiger charge is -2.23. The van der Waals surface area contributed by atoms with Gasteiger partial charge in [0.15, 0.2) is 11.5 Å². The van der Waals surface area contributed by atoms with Crippen LogP contribution in [0.4, 0.5) is 4.39 Å². The van der Waals surface area contributed by atoms with E-state index in [1.165, 1.54) is 25.5 Å². The number of hydrogen-bond acceptors (Lipinski definition) is 4. The summed E-state index contributed by atoms with van der Waals surface area (Å²) in [5, 5.41) is 3.89. The number of hydrogen-bond donors (Lipinski definition) is 1. The third kappa shape index (κ3) is 5.63. The summed E-state index contributed by atoms with van der Waals surface area (Å²) < 4.78 is 26.1. The third-order valence-corrected chi connectivity index (χ3v) is 6.27. The molecule has 158 valence electrons.